The minimum Gasteiger partial charge on any atom is -0.490 e. The van der Waals surface area contributed by atoms with E-state index in [1.807, 2.05) is 88.4 Å². The van der Waals surface area contributed by atoms with Crippen LogP contribution in [0.2, 0.25) is 5.02 Å². The Morgan fingerprint density at radius 1 is 1.00 bits per heavy atom. The van der Waals surface area contributed by atoms with Crippen LogP contribution in [-0.2, 0) is 11.4 Å². The number of hydrogen-bond donors (Lipinski definition) is 0. The van der Waals surface area contributed by atoms with Crippen molar-refractivity contribution in [3.8, 4) is 11.5 Å². The summed E-state index contributed by atoms with van der Waals surface area (Å²) in [5.74, 6) is 1.19. The molecule has 1 fully saturated rings. The van der Waals surface area contributed by atoms with Crippen molar-refractivity contribution in [2.24, 2.45) is 4.99 Å². The van der Waals surface area contributed by atoms with E-state index in [1.54, 1.807) is 4.90 Å². The lowest BCUT2D eigenvalue weighted by Gasteiger charge is -2.13. The number of carbonyl (C=O) groups excluding carboxylic acids is 1. The summed E-state index contributed by atoms with van der Waals surface area (Å²) in [5, 5.41) is 1.35. The average Bonchev–Trinajstić information content (AvgIpc) is 3.15. The number of nitrogens with zero attached hydrogens (tertiary/aromatic N) is 2. The van der Waals surface area contributed by atoms with E-state index < -0.39 is 0 Å². The van der Waals surface area contributed by atoms with Gasteiger partial charge in [-0.2, -0.15) is 0 Å². The van der Waals surface area contributed by atoms with Crippen LogP contribution in [0.15, 0.2) is 70.6 Å². The maximum Gasteiger partial charge on any atom is 0.266 e. The van der Waals surface area contributed by atoms with Gasteiger partial charge in [0.2, 0.25) is 0 Å². The molecule has 1 amide bonds. The van der Waals surface area contributed by atoms with Crippen molar-refractivity contribution in [3.63, 3.8) is 0 Å². The van der Waals surface area contributed by atoms with E-state index in [0.717, 1.165) is 27.9 Å². The number of carbonyl (C=O) groups is 1. The molecule has 36 heavy (non-hydrogen) atoms. The number of amidine groups is 1. The van der Waals surface area contributed by atoms with E-state index in [1.165, 1.54) is 11.8 Å². The number of likely N-dealkylation sites (N-methyl/N-ethyl adjacent to an activating group) is 1. The van der Waals surface area contributed by atoms with Crippen molar-refractivity contribution in [1.29, 1.82) is 0 Å². The Hall–Kier alpha value is -3.22. The SMILES string of the molecule is CCOc1cc(/C=C2/SC(=Nc3cc(C)ccc3C)N(CC)C2=O)ccc1OCc1ccccc1Cl. The fourth-order valence-corrected chi connectivity index (χ4v) is 4.98. The number of hydrogen-bond acceptors (Lipinski definition) is 5. The predicted molar refractivity (Wildman–Crippen MR) is 149 cm³/mol. The van der Waals surface area contributed by atoms with Gasteiger partial charge in [-0.3, -0.25) is 9.69 Å². The Morgan fingerprint density at radius 2 is 1.81 bits per heavy atom. The molecule has 1 heterocycles. The van der Waals surface area contributed by atoms with Crippen LogP contribution in [0.4, 0.5) is 5.69 Å². The minimum absolute atomic E-state index is 0.0523. The summed E-state index contributed by atoms with van der Waals surface area (Å²) < 4.78 is 11.9. The highest BCUT2D eigenvalue weighted by Gasteiger charge is 2.32. The number of thioether (sulfide) groups is 1. The van der Waals surface area contributed by atoms with Crippen LogP contribution in [0.1, 0.15) is 36.1 Å². The zero-order chi connectivity index (χ0) is 25.7. The lowest BCUT2D eigenvalue weighted by atomic mass is 10.1. The maximum absolute atomic E-state index is 13.1. The van der Waals surface area contributed by atoms with Gasteiger partial charge in [0.25, 0.3) is 5.91 Å². The monoisotopic (exact) mass is 520 g/mol. The molecule has 0 saturated carbocycles. The summed E-state index contributed by atoms with van der Waals surface area (Å²) in [5.41, 5.74) is 4.83. The number of benzene rings is 3. The Labute approximate surface area is 221 Å². The number of aliphatic imine (C=N–C) groups is 1. The topological polar surface area (TPSA) is 51.1 Å². The third-order valence-electron chi connectivity index (χ3n) is 5.69. The van der Waals surface area contributed by atoms with Gasteiger partial charge in [0.15, 0.2) is 16.7 Å². The quantitative estimate of drug-likeness (QED) is 0.287. The molecule has 1 aliphatic rings. The standard InChI is InChI=1S/C29H29ClN2O3S/c1-5-32-28(33)27(36-29(32)31-24-15-19(3)11-12-20(24)4)17-21-13-14-25(26(16-21)34-6-2)35-18-22-9-7-8-10-23(22)30/h7-17H,5-6,18H2,1-4H3/b27-17+,31-29?. The first-order valence-corrected chi connectivity index (χ1v) is 13.1. The van der Waals surface area contributed by atoms with Crippen molar-refractivity contribution in [2.45, 2.75) is 34.3 Å². The van der Waals surface area contributed by atoms with Crippen LogP contribution in [0, 0.1) is 13.8 Å². The van der Waals surface area contributed by atoms with E-state index >= 15 is 0 Å². The first kappa shape index (κ1) is 25.9. The molecule has 0 spiro atoms. The Balaban J connectivity index is 1.59. The van der Waals surface area contributed by atoms with Gasteiger partial charge in [-0.05, 0) is 86.5 Å². The molecule has 0 aromatic heterocycles. The second-order valence-corrected chi connectivity index (χ2v) is 9.78. The van der Waals surface area contributed by atoms with Gasteiger partial charge in [0, 0.05) is 17.1 Å². The van der Waals surface area contributed by atoms with Gasteiger partial charge < -0.3 is 9.47 Å². The third kappa shape index (κ3) is 5.94. The Bertz CT molecular complexity index is 1340. The molecular formula is C29H29ClN2O3S. The summed E-state index contributed by atoms with van der Waals surface area (Å²) in [4.78, 5) is 20.3. The minimum atomic E-state index is -0.0523. The predicted octanol–water partition coefficient (Wildman–Crippen LogP) is 7.56. The van der Waals surface area contributed by atoms with Crippen LogP contribution in [0.25, 0.3) is 6.08 Å². The molecule has 1 saturated heterocycles. The molecule has 3 aromatic carbocycles. The lowest BCUT2D eigenvalue weighted by molar-refractivity contribution is -0.122. The summed E-state index contributed by atoms with van der Waals surface area (Å²) in [7, 11) is 0. The van der Waals surface area contributed by atoms with E-state index in [9.17, 15) is 4.79 Å². The molecule has 0 aliphatic carbocycles. The fourth-order valence-electron chi connectivity index (χ4n) is 3.74. The van der Waals surface area contributed by atoms with Gasteiger partial charge in [-0.25, -0.2) is 4.99 Å². The molecule has 0 unspecified atom stereocenters. The second-order valence-electron chi connectivity index (χ2n) is 8.36. The van der Waals surface area contributed by atoms with Crippen molar-refractivity contribution < 1.29 is 14.3 Å². The number of rotatable bonds is 8. The molecule has 7 heteroatoms. The summed E-state index contributed by atoms with van der Waals surface area (Å²) in [6.45, 7) is 9.32. The van der Waals surface area contributed by atoms with Crippen LogP contribution < -0.4 is 9.47 Å². The van der Waals surface area contributed by atoms with Crippen LogP contribution in [0.3, 0.4) is 0 Å². The van der Waals surface area contributed by atoms with Crippen LogP contribution in [0.5, 0.6) is 11.5 Å². The van der Waals surface area contributed by atoms with E-state index in [-0.39, 0.29) is 5.91 Å². The number of aryl methyl sites for hydroxylation is 2. The molecule has 186 valence electrons. The molecule has 0 N–H and O–H groups in total. The highest BCUT2D eigenvalue weighted by atomic mass is 35.5. The van der Waals surface area contributed by atoms with Gasteiger partial charge >= 0.3 is 0 Å². The third-order valence-corrected chi connectivity index (χ3v) is 7.07. The first-order valence-electron chi connectivity index (χ1n) is 11.9. The fraction of sp³-hybridized carbons (Fsp3) is 0.241. The average molecular weight is 521 g/mol. The molecule has 1 aliphatic heterocycles. The number of halogens is 1. The molecule has 0 radical (unpaired) electrons. The summed E-state index contributed by atoms with van der Waals surface area (Å²) >= 11 is 7.65. The van der Waals surface area contributed by atoms with Crippen LogP contribution >= 0.6 is 23.4 Å². The maximum atomic E-state index is 13.1. The van der Waals surface area contributed by atoms with Gasteiger partial charge in [-0.1, -0.05) is 48.0 Å². The summed E-state index contributed by atoms with van der Waals surface area (Å²) in [6, 6.07) is 19.4. The highest BCUT2D eigenvalue weighted by Crippen LogP contribution is 2.36. The number of amides is 1. The Kier molecular flexibility index (Phi) is 8.39. The van der Waals surface area contributed by atoms with Crippen LogP contribution in [-0.4, -0.2) is 29.1 Å². The van der Waals surface area contributed by atoms with Gasteiger partial charge in [0.1, 0.15) is 6.61 Å². The molecule has 4 rings (SSSR count). The first-order chi connectivity index (χ1) is 17.4. The van der Waals surface area contributed by atoms with E-state index in [2.05, 4.69) is 6.07 Å². The molecule has 3 aromatic rings. The molecule has 0 atom stereocenters. The summed E-state index contributed by atoms with van der Waals surface area (Å²) in [6.07, 6.45) is 1.88. The van der Waals surface area contributed by atoms with Gasteiger partial charge in [0.05, 0.1) is 17.2 Å². The zero-order valence-electron chi connectivity index (χ0n) is 20.9. The smallest absolute Gasteiger partial charge is 0.266 e. The van der Waals surface area contributed by atoms with E-state index in [0.29, 0.717) is 46.4 Å². The molecule has 0 bridgehead atoms. The molecular weight excluding hydrogens is 492 g/mol. The van der Waals surface area contributed by atoms with Crippen molar-refractivity contribution >= 4 is 46.2 Å². The number of ether oxygens (including phenoxy) is 2. The van der Waals surface area contributed by atoms with Crippen molar-refractivity contribution in [2.75, 3.05) is 13.2 Å². The lowest BCUT2D eigenvalue weighted by Crippen LogP contribution is -2.28. The normalized spacial score (nSPS) is 15.7. The molecule has 5 nitrogen and oxygen atoms in total. The highest BCUT2D eigenvalue weighted by molar-refractivity contribution is 8.18. The Morgan fingerprint density at radius 3 is 2.56 bits per heavy atom. The second kappa shape index (κ2) is 11.7. The van der Waals surface area contributed by atoms with E-state index in [4.69, 9.17) is 26.1 Å². The van der Waals surface area contributed by atoms with Crippen molar-refractivity contribution in [3.05, 3.63) is 92.8 Å². The zero-order valence-corrected chi connectivity index (χ0v) is 22.4. The van der Waals surface area contributed by atoms with Crippen molar-refractivity contribution in [1.82, 2.24) is 4.90 Å². The largest absolute Gasteiger partial charge is 0.490 e. The van der Waals surface area contributed by atoms with Gasteiger partial charge in [-0.15, -0.1) is 0 Å².